The predicted molar refractivity (Wildman–Crippen MR) is 164 cm³/mol. The van der Waals surface area contributed by atoms with E-state index >= 15 is 0 Å². The molecule has 0 spiro atoms. The zero-order chi connectivity index (χ0) is 28.1. The highest BCUT2D eigenvalue weighted by Crippen LogP contribution is 2.34. The fourth-order valence-corrected chi connectivity index (χ4v) is 5.61. The number of nitrogens with zero attached hydrogens (tertiary/aromatic N) is 3. The van der Waals surface area contributed by atoms with Gasteiger partial charge in [-0.15, -0.1) is 0 Å². The molecule has 5 heteroatoms. The van der Waals surface area contributed by atoms with E-state index < -0.39 is 0 Å². The number of anilines is 1. The number of benzene rings is 3. The number of unbranched alkanes of at least 4 members (excludes halogenated alkanes) is 2. The molecule has 0 radical (unpaired) electrons. The van der Waals surface area contributed by atoms with Crippen LogP contribution < -0.4 is 9.64 Å². The third kappa shape index (κ3) is 6.41. The van der Waals surface area contributed by atoms with Crippen molar-refractivity contribution in [3.63, 3.8) is 0 Å². The van der Waals surface area contributed by atoms with Crippen LogP contribution in [0.1, 0.15) is 82.7 Å². The van der Waals surface area contributed by atoms with E-state index in [1.165, 1.54) is 24.0 Å². The van der Waals surface area contributed by atoms with Crippen molar-refractivity contribution >= 4 is 22.6 Å². The molecule has 0 saturated carbocycles. The molecule has 210 valence electrons. The van der Waals surface area contributed by atoms with Crippen molar-refractivity contribution in [2.24, 2.45) is 0 Å². The molecule has 1 aliphatic rings. The van der Waals surface area contributed by atoms with Crippen LogP contribution >= 0.6 is 0 Å². The lowest BCUT2D eigenvalue weighted by Gasteiger charge is -2.19. The molecule has 5 rings (SSSR count). The summed E-state index contributed by atoms with van der Waals surface area (Å²) in [5.74, 6) is 2.20. The van der Waals surface area contributed by atoms with Gasteiger partial charge in [0.2, 0.25) is 5.91 Å². The van der Waals surface area contributed by atoms with E-state index in [9.17, 15) is 4.79 Å². The maximum atomic E-state index is 13.1. The van der Waals surface area contributed by atoms with E-state index in [0.29, 0.717) is 19.6 Å². The van der Waals surface area contributed by atoms with Gasteiger partial charge in [-0.2, -0.15) is 0 Å². The average Bonchev–Trinajstić information content (AvgIpc) is 3.52. The van der Waals surface area contributed by atoms with Gasteiger partial charge in [-0.1, -0.05) is 70.5 Å². The second kappa shape index (κ2) is 12.3. The number of carbonyl (C=O) groups is 1. The van der Waals surface area contributed by atoms with Gasteiger partial charge in [-0.25, -0.2) is 4.98 Å². The molecule has 0 N–H and O–H groups in total. The Morgan fingerprint density at radius 1 is 0.925 bits per heavy atom. The molecular weight excluding hydrogens is 494 g/mol. The van der Waals surface area contributed by atoms with Crippen molar-refractivity contribution in [2.75, 3.05) is 18.1 Å². The number of ether oxygens (including phenoxy) is 1. The number of hydrogen-bond acceptors (Lipinski definition) is 3. The van der Waals surface area contributed by atoms with Gasteiger partial charge in [-0.05, 0) is 78.6 Å². The topological polar surface area (TPSA) is 47.4 Å². The van der Waals surface area contributed by atoms with Gasteiger partial charge >= 0.3 is 0 Å². The first-order chi connectivity index (χ1) is 19.3. The van der Waals surface area contributed by atoms with Crippen molar-refractivity contribution < 1.29 is 9.53 Å². The molecule has 1 aromatic heterocycles. The quantitative estimate of drug-likeness (QED) is 0.182. The number of aryl methyl sites for hydroxylation is 2. The summed E-state index contributed by atoms with van der Waals surface area (Å²) in [6.45, 7) is 11.1. The number of imidazole rings is 1. The Labute approximate surface area is 239 Å². The van der Waals surface area contributed by atoms with Crippen LogP contribution in [0, 0.1) is 0 Å². The monoisotopic (exact) mass is 537 g/mol. The molecular formula is C35H43N3O2. The summed E-state index contributed by atoms with van der Waals surface area (Å²) in [5, 5.41) is 0. The minimum Gasteiger partial charge on any atom is -0.494 e. The average molecular weight is 538 g/mol. The zero-order valence-corrected chi connectivity index (χ0v) is 24.5. The summed E-state index contributed by atoms with van der Waals surface area (Å²) in [7, 11) is 0. The van der Waals surface area contributed by atoms with Crippen LogP contribution in [0.2, 0.25) is 0 Å². The van der Waals surface area contributed by atoms with Gasteiger partial charge in [0.15, 0.2) is 0 Å². The number of aromatic nitrogens is 2. The van der Waals surface area contributed by atoms with Crippen LogP contribution in [-0.2, 0) is 23.2 Å². The fraction of sp³-hybridized carbons (Fsp3) is 0.429. The Balaban J connectivity index is 1.23. The van der Waals surface area contributed by atoms with Crippen LogP contribution in [-0.4, -0.2) is 28.6 Å². The molecule has 2 heterocycles. The van der Waals surface area contributed by atoms with Crippen molar-refractivity contribution in [3.05, 3.63) is 89.7 Å². The standard InChI is InChI=1S/C35H43N3O2/c1-5-6-11-26-14-18-29(19-15-26)38-25-27(24-33(38)39)34-36-31-12-7-8-13-32(31)37(34)22-9-10-23-40-30-20-16-28(17-21-30)35(2,3)4/h7-8,12-21,27H,5-6,9-11,22-25H2,1-4H3. The maximum absolute atomic E-state index is 13.1. The molecule has 0 bridgehead atoms. The van der Waals surface area contributed by atoms with E-state index in [4.69, 9.17) is 9.72 Å². The van der Waals surface area contributed by atoms with Gasteiger partial charge in [0, 0.05) is 31.1 Å². The van der Waals surface area contributed by atoms with E-state index in [2.05, 4.69) is 99.0 Å². The van der Waals surface area contributed by atoms with E-state index in [-0.39, 0.29) is 17.2 Å². The summed E-state index contributed by atoms with van der Waals surface area (Å²) in [6.07, 6.45) is 5.90. The third-order valence-corrected chi connectivity index (χ3v) is 8.01. The third-order valence-electron chi connectivity index (χ3n) is 8.01. The second-order valence-electron chi connectivity index (χ2n) is 12.1. The largest absolute Gasteiger partial charge is 0.494 e. The minimum absolute atomic E-state index is 0.0808. The smallest absolute Gasteiger partial charge is 0.227 e. The summed E-state index contributed by atoms with van der Waals surface area (Å²) in [5.41, 5.74) is 5.92. The Bertz CT molecular complexity index is 1410. The van der Waals surface area contributed by atoms with Crippen LogP contribution in [0.4, 0.5) is 5.69 Å². The van der Waals surface area contributed by atoms with Gasteiger partial charge in [-0.3, -0.25) is 4.79 Å². The molecule has 4 aromatic rings. The number of fused-ring (bicyclic) bond motifs is 1. The van der Waals surface area contributed by atoms with Crippen molar-refractivity contribution in [3.8, 4) is 5.75 Å². The van der Waals surface area contributed by atoms with Gasteiger partial charge in [0.1, 0.15) is 11.6 Å². The van der Waals surface area contributed by atoms with Gasteiger partial charge in [0.25, 0.3) is 0 Å². The number of carbonyl (C=O) groups excluding carboxylic acids is 1. The van der Waals surface area contributed by atoms with Crippen LogP contribution in [0.3, 0.4) is 0 Å². The molecule has 1 unspecified atom stereocenters. The molecule has 1 aliphatic heterocycles. The summed E-state index contributed by atoms with van der Waals surface area (Å²) in [4.78, 5) is 20.1. The lowest BCUT2D eigenvalue weighted by Crippen LogP contribution is -2.24. The Morgan fingerprint density at radius 3 is 2.40 bits per heavy atom. The second-order valence-corrected chi connectivity index (χ2v) is 12.1. The Kier molecular flexibility index (Phi) is 8.58. The minimum atomic E-state index is 0.0808. The molecule has 1 saturated heterocycles. The number of hydrogen-bond donors (Lipinski definition) is 0. The van der Waals surface area contributed by atoms with Gasteiger partial charge < -0.3 is 14.2 Å². The number of amides is 1. The predicted octanol–water partition coefficient (Wildman–Crippen LogP) is 8.06. The van der Waals surface area contributed by atoms with Crippen LogP contribution in [0.15, 0.2) is 72.8 Å². The molecule has 1 atom stereocenters. The van der Waals surface area contributed by atoms with E-state index in [1.54, 1.807) is 0 Å². The molecule has 1 fully saturated rings. The van der Waals surface area contributed by atoms with Crippen LogP contribution in [0.5, 0.6) is 5.75 Å². The highest BCUT2D eigenvalue weighted by atomic mass is 16.5. The van der Waals surface area contributed by atoms with Gasteiger partial charge in [0.05, 0.1) is 17.6 Å². The first-order valence-electron chi connectivity index (χ1n) is 14.9. The lowest BCUT2D eigenvalue weighted by molar-refractivity contribution is -0.117. The molecule has 5 nitrogen and oxygen atoms in total. The normalized spacial score (nSPS) is 15.8. The molecule has 0 aliphatic carbocycles. The van der Waals surface area contributed by atoms with Crippen molar-refractivity contribution in [1.29, 1.82) is 0 Å². The fourth-order valence-electron chi connectivity index (χ4n) is 5.61. The van der Waals surface area contributed by atoms with E-state index in [0.717, 1.165) is 54.1 Å². The first kappa shape index (κ1) is 27.9. The van der Waals surface area contributed by atoms with Crippen LogP contribution in [0.25, 0.3) is 11.0 Å². The van der Waals surface area contributed by atoms with Crippen molar-refractivity contribution in [2.45, 2.75) is 84.1 Å². The van der Waals surface area contributed by atoms with Crippen molar-refractivity contribution in [1.82, 2.24) is 9.55 Å². The summed E-state index contributed by atoms with van der Waals surface area (Å²) >= 11 is 0. The molecule has 3 aromatic carbocycles. The first-order valence-corrected chi connectivity index (χ1v) is 14.9. The maximum Gasteiger partial charge on any atom is 0.227 e. The number of rotatable bonds is 11. The Hall–Kier alpha value is -3.60. The zero-order valence-electron chi connectivity index (χ0n) is 24.5. The summed E-state index contributed by atoms with van der Waals surface area (Å²) < 4.78 is 8.38. The number of para-hydroxylation sites is 2. The Morgan fingerprint density at radius 2 is 1.68 bits per heavy atom. The lowest BCUT2D eigenvalue weighted by atomic mass is 9.87. The highest BCUT2D eigenvalue weighted by molar-refractivity contribution is 5.96. The summed E-state index contributed by atoms with van der Waals surface area (Å²) in [6, 6.07) is 25.3. The SMILES string of the molecule is CCCCc1ccc(N2CC(c3nc4ccccc4n3CCCCOc3ccc(C(C)(C)C)cc3)CC2=O)cc1. The molecule has 1 amide bonds. The molecule has 40 heavy (non-hydrogen) atoms. The van der Waals surface area contributed by atoms with E-state index in [1.807, 2.05) is 11.0 Å². The highest BCUT2D eigenvalue weighted by Gasteiger charge is 2.34.